The lowest BCUT2D eigenvalue weighted by atomic mass is 10.0. The minimum Gasteiger partial charge on any atom is -0.465 e. The van der Waals surface area contributed by atoms with E-state index in [2.05, 4.69) is 17.5 Å². The molecule has 1 aromatic carbocycles. The molecule has 7 heteroatoms. The number of benzene rings is 1. The summed E-state index contributed by atoms with van der Waals surface area (Å²) in [6, 6.07) is 11.7. The zero-order valence-corrected chi connectivity index (χ0v) is 18.1. The van der Waals surface area contributed by atoms with E-state index in [-0.39, 0.29) is 6.61 Å². The van der Waals surface area contributed by atoms with E-state index in [0.29, 0.717) is 24.6 Å². The first-order valence-corrected chi connectivity index (χ1v) is 11.0. The maximum atomic E-state index is 9.07. The number of hydrogen-bond acceptors (Lipinski definition) is 6. The standard InChI is InChI=1S/C26H25N3O4/c30-13-12-27-15-21-16-29(28-26(21)23-7-4-14-32-23)22-10-8-20(9-11-22)25-18-31-17-24(33-25)19-5-2-1-3-6-19/h1-2,4-5,7-11,14,16-18,27,30H,3,6,12-13,15H2. The molecule has 0 unspecified atom stereocenters. The average Bonchev–Trinajstić information content (AvgIpc) is 3.55. The Hall–Kier alpha value is -3.81. The number of nitrogens with one attached hydrogen (secondary N) is 1. The molecule has 0 radical (unpaired) electrons. The molecule has 0 spiro atoms. The molecule has 3 heterocycles. The number of allylic oxidation sites excluding steroid dienone is 4. The molecule has 168 valence electrons. The van der Waals surface area contributed by atoms with Crippen molar-refractivity contribution < 1.29 is 19.0 Å². The third-order valence-corrected chi connectivity index (χ3v) is 5.47. The lowest BCUT2D eigenvalue weighted by molar-refractivity contribution is 0.285. The summed E-state index contributed by atoms with van der Waals surface area (Å²) >= 11 is 0. The van der Waals surface area contributed by atoms with Gasteiger partial charge in [0.15, 0.2) is 17.3 Å². The van der Waals surface area contributed by atoms with Crippen molar-refractivity contribution in [1.82, 2.24) is 15.1 Å². The summed E-state index contributed by atoms with van der Waals surface area (Å²) in [6.07, 6.45) is 15.1. The summed E-state index contributed by atoms with van der Waals surface area (Å²) in [4.78, 5) is 0. The minimum absolute atomic E-state index is 0.0816. The van der Waals surface area contributed by atoms with Crippen molar-refractivity contribution in [3.63, 3.8) is 0 Å². The van der Waals surface area contributed by atoms with E-state index >= 15 is 0 Å². The number of hydrogen-bond donors (Lipinski definition) is 2. The molecule has 0 fully saturated rings. The molecule has 0 saturated heterocycles. The average molecular weight is 444 g/mol. The highest BCUT2D eigenvalue weighted by molar-refractivity contribution is 5.63. The molecule has 0 atom stereocenters. The second-order valence-corrected chi connectivity index (χ2v) is 7.73. The van der Waals surface area contributed by atoms with E-state index in [0.717, 1.165) is 46.7 Å². The van der Waals surface area contributed by atoms with Crippen LogP contribution in [0.15, 0.2) is 95.4 Å². The van der Waals surface area contributed by atoms with E-state index in [1.807, 2.05) is 53.4 Å². The van der Waals surface area contributed by atoms with Crippen LogP contribution in [0.3, 0.4) is 0 Å². The third-order valence-electron chi connectivity index (χ3n) is 5.47. The second-order valence-electron chi connectivity index (χ2n) is 7.73. The van der Waals surface area contributed by atoms with Crippen LogP contribution in [0.2, 0.25) is 0 Å². The number of aliphatic hydroxyl groups is 1. The molecule has 2 aromatic heterocycles. The Morgan fingerprint density at radius 2 is 1.97 bits per heavy atom. The van der Waals surface area contributed by atoms with Gasteiger partial charge < -0.3 is 24.3 Å². The van der Waals surface area contributed by atoms with Crippen molar-refractivity contribution in [1.29, 1.82) is 0 Å². The molecule has 2 aliphatic rings. The third kappa shape index (κ3) is 4.69. The number of aliphatic hydroxyl groups excluding tert-OH is 1. The maximum Gasteiger partial charge on any atom is 0.169 e. The van der Waals surface area contributed by atoms with Gasteiger partial charge in [0, 0.05) is 30.4 Å². The monoisotopic (exact) mass is 443 g/mol. The minimum atomic E-state index is 0.0816. The molecule has 3 aromatic rings. The van der Waals surface area contributed by atoms with Crippen molar-refractivity contribution in [3.05, 3.63) is 102 Å². The predicted molar refractivity (Wildman–Crippen MR) is 125 cm³/mol. The van der Waals surface area contributed by atoms with Gasteiger partial charge in [0.1, 0.15) is 18.2 Å². The van der Waals surface area contributed by atoms with Gasteiger partial charge in [-0.1, -0.05) is 18.2 Å². The first kappa shape index (κ1) is 21.1. The van der Waals surface area contributed by atoms with E-state index < -0.39 is 0 Å². The molecule has 0 bridgehead atoms. The summed E-state index contributed by atoms with van der Waals surface area (Å²) in [5.74, 6) is 2.12. The zero-order valence-electron chi connectivity index (χ0n) is 18.1. The van der Waals surface area contributed by atoms with Crippen LogP contribution in [0.4, 0.5) is 0 Å². The SMILES string of the molecule is OCCNCc1cn(-c2ccc(C3=COC=C(C4=CC=CCC4)O3)cc2)nc1-c1ccco1. The first-order valence-electron chi connectivity index (χ1n) is 11.0. The Morgan fingerprint density at radius 1 is 1.09 bits per heavy atom. The van der Waals surface area contributed by atoms with Crippen molar-refractivity contribution >= 4 is 5.76 Å². The van der Waals surface area contributed by atoms with Crippen LogP contribution in [-0.4, -0.2) is 28.0 Å². The van der Waals surface area contributed by atoms with E-state index in [1.54, 1.807) is 18.8 Å². The Bertz CT molecular complexity index is 1210. The van der Waals surface area contributed by atoms with Gasteiger partial charge in [0.2, 0.25) is 0 Å². The highest BCUT2D eigenvalue weighted by Crippen LogP contribution is 2.31. The number of ether oxygens (including phenoxy) is 2. The molecule has 5 rings (SSSR count). The van der Waals surface area contributed by atoms with Crippen LogP contribution in [0, 0.1) is 0 Å². The summed E-state index contributed by atoms with van der Waals surface area (Å²) in [5.41, 5.74) is 4.71. The smallest absolute Gasteiger partial charge is 0.169 e. The van der Waals surface area contributed by atoms with Crippen LogP contribution in [0.1, 0.15) is 24.0 Å². The van der Waals surface area contributed by atoms with Crippen LogP contribution < -0.4 is 5.32 Å². The predicted octanol–water partition coefficient (Wildman–Crippen LogP) is 4.68. The molecule has 2 N–H and O–H groups in total. The van der Waals surface area contributed by atoms with Crippen LogP contribution >= 0.6 is 0 Å². The first-order chi connectivity index (χ1) is 16.3. The molecule has 33 heavy (non-hydrogen) atoms. The zero-order chi connectivity index (χ0) is 22.5. The number of aromatic nitrogens is 2. The summed E-state index contributed by atoms with van der Waals surface area (Å²) in [7, 11) is 0. The molecular formula is C26H25N3O4. The van der Waals surface area contributed by atoms with Gasteiger partial charge in [-0.05, 0) is 54.8 Å². The number of furan rings is 1. The van der Waals surface area contributed by atoms with Crippen molar-refractivity contribution in [3.8, 4) is 17.1 Å². The van der Waals surface area contributed by atoms with Gasteiger partial charge in [-0.3, -0.25) is 0 Å². The Kier molecular flexibility index (Phi) is 6.23. The van der Waals surface area contributed by atoms with Gasteiger partial charge >= 0.3 is 0 Å². The fourth-order valence-electron chi connectivity index (χ4n) is 3.77. The van der Waals surface area contributed by atoms with E-state index in [4.69, 9.17) is 24.1 Å². The lowest BCUT2D eigenvalue weighted by Gasteiger charge is -2.19. The van der Waals surface area contributed by atoms with Crippen molar-refractivity contribution in [2.75, 3.05) is 13.2 Å². The van der Waals surface area contributed by atoms with Crippen molar-refractivity contribution in [2.45, 2.75) is 19.4 Å². The maximum absolute atomic E-state index is 9.07. The summed E-state index contributed by atoms with van der Waals surface area (Å²) in [5, 5.41) is 17.0. The van der Waals surface area contributed by atoms with Crippen LogP contribution in [-0.2, 0) is 16.0 Å². The number of nitrogens with zero attached hydrogens (tertiary/aromatic N) is 2. The van der Waals surface area contributed by atoms with Gasteiger partial charge in [0.05, 0.1) is 18.6 Å². The van der Waals surface area contributed by atoms with Gasteiger partial charge in [-0.25, -0.2) is 4.68 Å². The van der Waals surface area contributed by atoms with Gasteiger partial charge in [0.25, 0.3) is 0 Å². The van der Waals surface area contributed by atoms with Crippen molar-refractivity contribution in [2.24, 2.45) is 0 Å². The Labute approximate surface area is 191 Å². The highest BCUT2D eigenvalue weighted by Gasteiger charge is 2.18. The highest BCUT2D eigenvalue weighted by atomic mass is 16.5. The Balaban J connectivity index is 1.35. The molecule has 0 saturated carbocycles. The van der Waals surface area contributed by atoms with Crippen LogP contribution in [0.25, 0.3) is 22.9 Å². The molecular weight excluding hydrogens is 418 g/mol. The Morgan fingerprint density at radius 3 is 2.73 bits per heavy atom. The van der Waals surface area contributed by atoms with E-state index in [1.165, 1.54) is 0 Å². The molecule has 1 aliphatic carbocycles. The molecule has 0 amide bonds. The summed E-state index contributed by atoms with van der Waals surface area (Å²) in [6.45, 7) is 1.17. The fourth-order valence-corrected chi connectivity index (χ4v) is 3.77. The largest absolute Gasteiger partial charge is 0.465 e. The topological polar surface area (TPSA) is 81.7 Å². The lowest BCUT2D eigenvalue weighted by Crippen LogP contribution is -2.17. The molecule has 1 aliphatic heterocycles. The summed E-state index contributed by atoms with van der Waals surface area (Å²) < 4.78 is 19.1. The normalized spacial score (nSPS) is 15.4. The quantitative estimate of drug-likeness (QED) is 0.492. The second kappa shape index (κ2) is 9.77. The van der Waals surface area contributed by atoms with E-state index in [9.17, 15) is 0 Å². The van der Waals surface area contributed by atoms with Crippen LogP contribution in [0.5, 0.6) is 0 Å². The van der Waals surface area contributed by atoms with Gasteiger partial charge in [-0.2, -0.15) is 5.10 Å². The number of rotatable bonds is 8. The van der Waals surface area contributed by atoms with Gasteiger partial charge in [-0.15, -0.1) is 0 Å². The molecule has 7 nitrogen and oxygen atoms in total. The fraction of sp³-hybridized carbons (Fsp3) is 0.192.